The lowest BCUT2D eigenvalue weighted by atomic mass is 10.1. The second kappa shape index (κ2) is 8.69. The number of hydrogen-bond donors (Lipinski definition) is 1. The van der Waals surface area contributed by atoms with Crippen LogP contribution in [-0.2, 0) is 13.1 Å². The third kappa shape index (κ3) is 3.98. The summed E-state index contributed by atoms with van der Waals surface area (Å²) in [4.78, 5) is 34.3. The number of nitrogens with zero attached hydrogens (tertiary/aromatic N) is 3. The highest BCUT2D eigenvalue weighted by atomic mass is 16.1. The van der Waals surface area contributed by atoms with Gasteiger partial charge in [0, 0.05) is 30.4 Å². The molecule has 150 valence electrons. The molecule has 2 heterocycles. The van der Waals surface area contributed by atoms with Crippen molar-refractivity contribution in [3.8, 4) is 11.3 Å². The minimum Gasteiger partial charge on any atom is -0.348 e. The molecule has 0 unspecified atom stereocenters. The summed E-state index contributed by atoms with van der Waals surface area (Å²) in [6, 6.07) is 20.4. The van der Waals surface area contributed by atoms with Gasteiger partial charge in [-0.3, -0.25) is 14.2 Å². The first-order valence-corrected chi connectivity index (χ1v) is 9.95. The average Bonchev–Trinajstić information content (AvgIpc) is 2.80. The van der Waals surface area contributed by atoms with Crippen molar-refractivity contribution in [1.29, 1.82) is 0 Å². The van der Waals surface area contributed by atoms with Crippen LogP contribution in [0, 0.1) is 0 Å². The van der Waals surface area contributed by atoms with E-state index in [1.807, 2.05) is 43.3 Å². The molecular formula is C24H22N4O2. The number of hydrogen-bond acceptors (Lipinski definition) is 4. The third-order valence-electron chi connectivity index (χ3n) is 4.87. The summed E-state index contributed by atoms with van der Waals surface area (Å²) < 4.78 is 1.66. The molecule has 0 saturated carbocycles. The Kier molecular flexibility index (Phi) is 5.66. The van der Waals surface area contributed by atoms with Crippen LogP contribution >= 0.6 is 0 Å². The zero-order valence-electron chi connectivity index (χ0n) is 16.7. The molecule has 0 aliphatic carbocycles. The third-order valence-corrected chi connectivity index (χ3v) is 4.87. The van der Waals surface area contributed by atoms with E-state index in [2.05, 4.69) is 15.3 Å². The molecule has 1 amide bonds. The van der Waals surface area contributed by atoms with Crippen molar-refractivity contribution in [2.45, 2.75) is 26.4 Å². The summed E-state index contributed by atoms with van der Waals surface area (Å²) in [6.07, 6.45) is 2.48. The van der Waals surface area contributed by atoms with Crippen LogP contribution in [0.3, 0.4) is 0 Å². The Bertz CT molecular complexity index is 1230. The molecule has 4 rings (SSSR count). The molecule has 0 aliphatic rings. The second-order valence-corrected chi connectivity index (χ2v) is 7.01. The van der Waals surface area contributed by atoms with Crippen molar-refractivity contribution in [3.05, 3.63) is 94.4 Å². The zero-order chi connectivity index (χ0) is 20.9. The lowest BCUT2D eigenvalue weighted by Gasteiger charge is -2.11. The highest BCUT2D eigenvalue weighted by Crippen LogP contribution is 2.18. The topological polar surface area (TPSA) is 76.9 Å². The number of rotatable bonds is 6. The molecular weight excluding hydrogens is 376 g/mol. The predicted molar refractivity (Wildman–Crippen MR) is 117 cm³/mol. The van der Waals surface area contributed by atoms with Gasteiger partial charge in [0.1, 0.15) is 11.2 Å². The van der Waals surface area contributed by atoms with E-state index >= 15 is 0 Å². The van der Waals surface area contributed by atoms with E-state index in [-0.39, 0.29) is 11.5 Å². The summed E-state index contributed by atoms with van der Waals surface area (Å²) in [5.41, 5.74) is 3.69. The van der Waals surface area contributed by atoms with Crippen molar-refractivity contribution >= 4 is 17.1 Å². The quantitative estimate of drug-likeness (QED) is 0.536. The number of carbonyl (C=O) groups is 1. The van der Waals surface area contributed by atoms with Crippen molar-refractivity contribution in [2.24, 2.45) is 0 Å². The standard InChI is InChI=1S/C24H22N4O2/c1-2-15-28-22-20(9-6-14-25-22)27-21(24(28)30)18-10-12-19(13-11-18)23(29)26-16-17-7-4-3-5-8-17/h3-14H,2,15-16H2,1H3,(H,26,29). The van der Waals surface area contributed by atoms with E-state index in [4.69, 9.17) is 0 Å². The molecule has 4 aromatic rings. The fourth-order valence-electron chi connectivity index (χ4n) is 3.35. The van der Waals surface area contributed by atoms with Gasteiger partial charge in [-0.2, -0.15) is 0 Å². The molecule has 1 N–H and O–H groups in total. The highest BCUT2D eigenvalue weighted by molar-refractivity contribution is 5.94. The first kappa shape index (κ1) is 19.5. The normalized spacial score (nSPS) is 10.8. The Morgan fingerprint density at radius 2 is 1.77 bits per heavy atom. The molecule has 0 fully saturated rings. The molecule has 2 aromatic heterocycles. The van der Waals surface area contributed by atoms with Crippen LogP contribution in [0.1, 0.15) is 29.3 Å². The fourth-order valence-corrected chi connectivity index (χ4v) is 3.35. The molecule has 2 aromatic carbocycles. The van der Waals surface area contributed by atoms with Crippen molar-refractivity contribution < 1.29 is 4.79 Å². The first-order valence-electron chi connectivity index (χ1n) is 9.95. The fraction of sp³-hybridized carbons (Fsp3) is 0.167. The Labute approximate surface area is 174 Å². The van der Waals surface area contributed by atoms with E-state index in [0.29, 0.717) is 41.1 Å². The summed E-state index contributed by atoms with van der Waals surface area (Å²) in [5, 5.41) is 2.91. The molecule has 0 aliphatic heterocycles. The Morgan fingerprint density at radius 3 is 2.50 bits per heavy atom. The summed E-state index contributed by atoms with van der Waals surface area (Å²) >= 11 is 0. The molecule has 6 heteroatoms. The van der Waals surface area contributed by atoms with Crippen LogP contribution in [0.5, 0.6) is 0 Å². The van der Waals surface area contributed by atoms with Gasteiger partial charge in [0.2, 0.25) is 0 Å². The molecule has 30 heavy (non-hydrogen) atoms. The van der Waals surface area contributed by atoms with Crippen LogP contribution < -0.4 is 10.9 Å². The van der Waals surface area contributed by atoms with Gasteiger partial charge in [0.05, 0.1) is 0 Å². The van der Waals surface area contributed by atoms with Gasteiger partial charge in [-0.1, -0.05) is 49.4 Å². The van der Waals surface area contributed by atoms with Gasteiger partial charge in [-0.15, -0.1) is 0 Å². The maximum atomic E-state index is 13.0. The maximum Gasteiger partial charge on any atom is 0.278 e. The van der Waals surface area contributed by atoms with E-state index in [9.17, 15) is 9.59 Å². The Morgan fingerprint density at radius 1 is 1.00 bits per heavy atom. The number of nitrogens with one attached hydrogen (secondary N) is 1. The zero-order valence-corrected chi connectivity index (χ0v) is 16.7. The van der Waals surface area contributed by atoms with Crippen LogP contribution in [0.25, 0.3) is 22.4 Å². The number of carbonyl (C=O) groups excluding carboxylic acids is 1. The van der Waals surface area contributed by atoms with Crippen molar-refractivity contribution in [1.82, 2.24) is 19.9 Å². The van der Waals surface area contributed by atoms with E-state index in [0.717, 1.165) is 12.0 Å². The average molecular weight is 398 g/mol. The summed E-state index contributed by atoms with van der Waals surface area (Å²) in [6.45, 7) is 3.05. The number of aromatic nitrogens is 3. The molecule has 0 bridgehead atoms. The van der Waals surface area contributed by atoms with Gasteiger partial charge in [-0.05, 0) is 36.2 Å². The summed E-state index contributed by atoms with van der Waals surface area (Å²) in [7, 11) is 0. The van der Waals surface area contributed by atoms with Gasteiger partial charge in [0.25, 0.3) is 11.5 Å². The van der Waals surface area contributed by atoms with E-state index < -0.39 is 0 Å². The minimum absolute atomic E-state index is 0.163. The predicted octanol–water partition coefficient (Wildman–Crippen LogP) is 3.80. The van der Waals surface area contributed by atoms with Crippen molar-refractivity contribution in [3.63, 3.8) is 0 Å². The number of pyridine rings is 1. The van der Waals surface area contributed by atoms with Crippen LogP contribution in [0.2, 0.25) is 0 Å². The highest BCUT2D eigenvalue weighted by Gasteiger charge is 2.14. The van der Waals surface area contributed by atoms with Gasteiger partial charge >= 0.3 is 0 Å². The molecule has 0 spiro atoms. The number of aryl methyl sites for hydroxylation is 1. The molecule has 0 saturated heterocycles. The number of amides is 1. The van der Waals surface area contributed by atoms with Gasteiger partial charge < -0.3 is 5.32 Å². The van der Waals surface area contributed by atoms with Crippen molar-refractivity contribution in [2.75, 3.05) is 0 Å². The summed E-state index contributed by atoms with van der Waals surface area (Å²) in [5.74, 6) is -0.163. The first-order chi connectivity index (χ1) is 14.7. The van der Waals surface area contributed by atoms with Crippen LogP contribution in [-0.4, -0.2) is 20.4 Å². The maximum absolute atomic E-state index is 13.0. The lowest BCUT2D eigenvalue weighted by Crippen LogP contribution is -2.24. The number of benzene rings is 2. The van der Waals surface area contributed by atoms with E-state index in [1.54, 1.807) is 41.1 Å². The van der Waals surface area contributed by atoms with E-state index in [1.165, 1.54) is 0 Å². The Hall–Kier alpha value is -3.80. The minimum atomic E-state index is -0.177. The molecule has 0 radical (unpaired) electrons. The van der Waals surface area contributed by atoms with Crippen LogP contribution in [0.15, 0.2) is 77.7 Å². The molecule has 6 nitrogen and oxygen atoms in total. The molecule has 0 atom stereocenters. The van der Waals surface area contributed by atoms with Gasteiger partial charge in [0.15, 0.2) is 5.65 Å². The second-order valence-electron chi connectivity index (χ2n) is 7.01. The Balaban J connectivity index is 1.61. The largest absolute Gasteiger partial charge is 0.348 e. The smallest absolute Gasteiger partial charge is 0.278 e. The van der Waals surface area contributed by atoms with Gasteiger partial charge in [-0.25, -0.2) is 9.97 Å². The lowest BCUT2D eigenvalue weighted by molar-refractivity contribution is 0.0951. The number of fused-ring (bicyclic) bond motifs is 1. The SMILES string of the molecule is CCCn1c(=O)c(-c2ccc(C(=O)NCc3ccccc3)cc2)nc2cccnc21. The monoisotopic (exact) mass is 398 g/mol. The van der Waals surface area contributed by atoms with Crippen LogP contribution in [0.4, 0.5) is 0 Å².